The maximum Gasteiger partial charge on any atom is 0.326 e. The molecule has 0 aliphatic carbocycles. The Morgan fingerprint density at radius 2 is 1.90 bits per heavy atom. The highest BCUT2D eigenvalue weighted by atomic mass is 16.2. The Balaban J connectivity index is 1.40. The van der Waals surface area contributed by atoms with Crippen LogP contribution in [0.4, 0.5) is 5.69 Å². The normalized spacial score (nSPS) is 14.9. The van der Waals surface area contributed by atoms with E-state index in [1.165, 1.54) is 0 Å². The smallest absolute Gasteiger partial charge is 0.326 e. The number of aromatic nitrogens is 4. The summed E-state index contributed by atoms with van der Waals surface area (Å²) in [6.45, 7) is 4.04. The molecule has 10 nitrogen and oxygen atoms in total. The van der Waals surface area contributed by atoms with Crippen LogP contribution in [0.2, 0.25) is 0 Å². The molecule has 0 radical (unpaired) electrons. The maximum absolute atomic E-state index is 11.8. The Bertz CT molecular complexity index is 1140. The molecule has 0 aromatic carbocycles. The molecule has 4 rings (SSSR count). The summed E-state index contributed by atoms with van der Waals surface area (Å²) < 4.78 is 0. The molecule has 4 heterocycles. The van der Waals surface area contributed by atoms with Gasteiger partial charge in [0, 0.05) is 46.0 Å². The number of nitrogens with one attached hydrogen (secondary N) is 3. The summed E-state index contributed by atoms with van der Waals surface area (Å²) in [5.74, 6) is -0.200. The number of rotatable bonds is 4. The summed E-state index contributed by atoms with van der Waals surface area (Å²) in [7, 11) is 1.58. The van der Waals surface area contributed by atoms with Crippen molar-refractivity contribution in [2.24, 2.45) is 0 Å². The number of pyridine rings is 2. The molecule has 3 aromatic rings. The molecule has 150 valence electrons. The summed E-state index contributed by atoms with van der Waals surface area (Å²) in [6, 6.07) is 5.44. The van der Waals surface area contributed by atoms with Crippen molar-refractivity contribution < 1.29 is 4.79 Å². The van der Waals surface area contributed by atoms with Crippen molar-refractivity contribution in [2.45, 2.75) is 6.54 Å². The number of carbonyl (C=O) groups excluding carboxylic acids is 1. The molecule has 1 saturated heterocycles. The number of nitrogens with zero attached hydrogens (tertiary/aromatic N) is 4. The fourth-order valence-corrected chi connectivity index (χ4v) is 3.44. The summed E-state index contributed by atoms with van der Waals surface area (Å²) in [6.07, 6.45) is 3.39. The third-order valence-corrected chi connectivity index (χ3v) is 4.99. The highest BCUT2D eigenvalue weighted by Crippen LogP contribution is 2.17. The van der Waals surface area contributed by atoms with E-state index in [-0.39, 0.29) is 11.4 Å². The van der Waals surface area contributed by atoms with Gasteiger partial charge in [0.15, 0.2) is 5.52 Å². The maximum atomic E-state index is 11.8. The molecule has 0 saturated carbocycles. The summed E-state index contributed by atoms with van der Waals surface area (Å²) >= 11 is 0. The number of hydrogen-bond acceptors (Lipinski definition) is 7. The minimum atomic E-state index is -0.536. The SMILES string of the molecule is CNC(=O)c1ccc(N2CCN(Cc3cnc4c(=O)[nH]c(=O)[nH]c4c3)CC2)cn1. The van der Waals surface area contributed by atoms with Crippen molar-refractivity contribution in [3.05, 3.63) is 62.7 Å². The molecular formula is C19H21N7O3. The van der Waals surface area contributed by atoms with Gasteiger partial charge in [-0.3, -0.25) is 19.5 Å². The fourth-order valence-electron chi connectivity index (χ4n) is 3.44. The first-order chi connectivity index (χ1) is 14.0. The average molecular weight is 395 g/mol. The van der Waals surface area contributed by atoms with Crippen LogP contribution in [0.3, 0.4) is 0 Å². The molecular weight excluding hydrogens is 374 g/mol. The second-order valence-corrected chi connectivity index (χ2v) is 6.89. The van der Waals surface area contributed by atoms with Crippen molar-refractivity contribution in [1.29, 1.82) is 0 Å². The van der Waals surface area contributed by atoms with Crippen LogP contribution in [-0.4, -0.2) is 64.0 Å². The third-order valence-electron chi connectivity index (χ3n) is 4.99. The largest absolute Gasteiger partial charge is 0.368 e. The molecule has 0 spiro atoms. The molecule has 0 bridgehead atoms. The molecule has 0 unspecified atom stereocenters. The standard InChI is InChI=1S/C19H21N7O3/c1-20-17(27)14-3-2-13(10-21-14)26-6-4-25(5-7-26)11-12-8-15-16(22-9-12)18(28)24-19(29)23-15/h2-3,8-10H,4-7,11H2,1H3,(H,20,27)(H2,23,24,28,29). The second-order valence-electron chi connectivity index (χ2n) is 6.89. The van der Waals surface area contributed by atoms with Crippen molar-refractivity contribution in [1.82, 2.24) is 30.2 Å². The third kappa shape index (κ3) is 4.02. The van der Waals surface area contributed by atoms with Crippen molar-refractivity contribution in [2.75, 3.05) is 38.1 Å². The van der Waals surface area contributed by atoms with Gasteiger partial charge in [-0.2, -0.15) is 0 Å². The topological polar surface area (TPSA) is 127 Å². The monoisotopic (exact) mass is 395 g/mol. The van der Waals surface area contributed by atoms with E-state index in [0.29, 0.717) is 17.8 Å². The molecule has 1 aliphatic heterocycles. The number of fused-ring (bicyclic) bond motifs is 1. The lowest BCUT2D eigenvalue weighted by atomic mass is 10.2. The minimum absolute atomic E-state index is 0.200. The van der Waals surface area contributed by atoms with Crippen LogP contribution in [0.5, 0.6) is 0 Å². The van der Waals surface area contributed by atoms with Gasteiger partial charge < -0.3 is 15.2 Å². The summed E-state index contributed by atoms with van der Waals surface area (Å²) in [5, 5.41) is 2.56. The first-order valence-electron chi connectivity index (χ1n) is 9.30. The van der Waals surface area contributed by atoms with E-state index in [2.05, 4.69) is 35.1 Å². The van der Waals surface area contributed by atoms with Gasteiger partial charge in [-0.25, -0.2) is 14.8 Å². The highest BCUT2D eigenvalue weighted by Gasteiger charge is 2.18. The predicted octanol–water partition coefficient (Wildman–Crippen LogP) is -0.312. The van der Waals surface area contributed by atoms with E-state index in [9.17, 15) is 14.4 Å². The molecule has 1 amide bonds. The van der Waals surface area contributed by atoms with Crippen molar-refractivity contribution in [3.8, 4) is 0 Å². The van der Waals surface area contributed by atoms with Gasteiger partial charge in [0.25, 0.3) is 11.5 Å². The Morgan fingerprint density at radius 3 is 2.59 bits per heavy atom. The number of carbonyl (C=O) groups is 1. The molecule has 3 N–H and O–H groups in total. The van der Waals surface area contributed by atoms with E-state index < -0.39 is 11.2 Å². The predicted molar refractivity (Wildman–Crippen MR) is 108 cm³/mol. The van der Waals surface area contributed by atoms with Gasteiger partial charge in [0.1, 0.15) is 5.69 Å². The zero-order chi connectivity index (χ0) is 20.4. The van der Waals surface area contributed by atoms with Crippen LogP contribution < -0.4 is 21.5 Å². The van der Waals surface area contributed by atoms with E-state index >= 15 is 0 Å². The number of anilines is 1. The van der Waals surface area contributed by atoms with Gasteiger partial charge in [-0.1, -0.05) is 0 Å². The van der Waals surface area contributed by atoms with Crippen LogP contribution in [0.1, 0.15) is 16.1 Å². The van der Waals surface area contributed by atoms with E-state index in [1.807, 2.05) is 6.07 Å². The Morgan fingerprint density at radius 1 is 1.10 bits per heavy atom. The fraction of sp³-hybridized carbons (Fsp3) is 0.316. The first-order valence-corrected chi connectivity index (χ1v) is 9.30. The van der Waals surface area contributed by atoms with Crippen LogP contribution in [0, 0.1) is 0 Å². The molecule has 0 atom stereocenters. The Labute approximate surface area is 165 Å². The highest BCUT2D eigenvalue weighted by molar-refractivity contribution is 5.92. The lowest BCUT2D eigenvalue weighted by Crippen LogP contribution is -2.46. The molecule has 10 heteroatoms. The molecule has 1 aliphatic rings. The number of amides is 1. The quantitative estimate of drug-likeness (QED) is 0.553. The number of H-pyrrole nitrogens is 2. The average Bonchev–Trinajstić information content (AvgIpc) is 2.73. The number of aromatic amines is 2. The Hall–Kier alpha value is -3.53. The van der Waals surface area contributed by atoms with Gasteiger partial charge in [0.2, 0.25) is 0 Å². The number of piperazine rings is 1. The van der Waals surface area contributed by atoms with E-state index in [4.69, 9.17) is 0 Å². The zero-order valence-electron chi connectivity index (χ0n) is 15.9. The van der Waals surface area contributed by atoms with Gasteiger partial charge in [-0.15, -0.1) is 0 Å². The van der Waals surface area contributed by atoms with Crippen LogP contribution in [0.15, 0.2) is 40.2 Å². The molecule has 29 heavy (non-hydrogen) atoms. The van der Waals surface area contributed by atoms with E-state index in [0.717, 1.165) is 37.4 Å². The second kappa shape index (κ2) is 7.84. The van der Waals surface area contributed by atoms with Gasteiger partial charge >= 0.3 is 5.69 Å². The zero-order valence-corrected chi connectivity index (χ0v) is 15.9. The van der Waals surface area contributed by atoms with Crippen molar-refractivity contribution >= 4 is 22.6 Å². The minimum Gasteiger partial charge on any atom is -0.368 e. The molecule has 3 aromatic heterocycles. The summed E-state index contributed by atoms with van der Waals surface area (Å²) in [4.78, 5) is 52.6. The lowest BCUT2D eigenvalue weighted by Gasteiger charge is -2.36. The first kappa shape index (κ1) is 18.8. The van der Waals surface area contributed by atoms with Crippen LogP contribution in [-0.2, 0) is 6.54 Å². The van der Waals surface area contributed by atoms with Gasteiger partial charge in [-0.05, 0) is 23.8 Å². The van der Waals surface area contributed by atoms with Crippen LogP contribution >= 0.6 is 0 Å². The summed E-state index contributed by atoms with van der Waals surface area (Å²) in [5.41, 5.74) is 1.97. The van der Waals surface area contributed by atoms with Gasteiger partial charge in [0.05, 0.1) is 17.4 Å². The molecule has 1 fully saturated rings. The lowest BCUT2D eigenvalue weighted by molar-refractivity contribution is 0.0958. The van der Waals surface area contributed by atoms with Crippen LogP contribution in [0.25, 0.3) is 11.0 Å². The number of hydrogen-bond donors (Lipinski definition) is 3. The van der Waals surface area contributed by atoms with E-state index in [1.54, 1.807) is 31.6 Å². The van der Waals surface area contributed by atoms with Crippen molar-refractivity contribution in [3.63, 3.8) is 0 Å². The Kier molecular flexibility index (Phi) is 5.09.